The molecule has 0 unspecified atom stereocenters. The summed E-state index contributed by atoms with van der Waals surface area (Å²) in [5.41, 5.74) is 4.43. The van der Waals surface area contributed by atoms with Crippen LogP contribution in [0.15, 0.2) is 72.8 Å². The van der Waals surface area contributed by atoms with Crippen molar-refractivity contribution in [2.75, 3.05) is 0 Å². The summed E-state index contributed by atoms with van der Waals surface area (Å²) in [6, 6.07) is 21.3. The monoisotopic (exact) mass is 390 g/mol. The van der Waals surface area contributed by atoms with Gasteiger partial charge in [0, 0.05) is 5.33 Å². The smallest absolute Gasteiger partial charge is 0.166 e. The molecule has 0 atom stereocenters. The molecule has 3 aromatic rings. The van der Waals surface area contributed by atoms with Crippen LogP contribution in [-0.4, -0.2) is 0 Å². The number of benzene rings is 3. The van der Waals surface area contributed by atoms with Crippen molar-refractivity contribution in [2.24, 2.45) is 0 Å². The highest BCUT2D eigenvalue weighted by Crippen LogP contribution is 2.31. The van der Waals surface area contributed by atoms with Gasteiger partial charge >= 0.3 is 6.18 Å². The van der Waals surface area contributed by atoms with Crippen molar-refractivity contribution in [3.63, 3.8) is 0 Å². The van der Waals surface area contributed by atoms with Crippen LogP contribution in [0, 0.1) is 0 Å². The second-order valence-electron chi connectivity index (χ2n) is 5.48. The molecule has 0 bridgehead atoms. The molecule has 0 radical (unpaired) electrons. The second kappa shape index (κ2) is 6.81. The maximum atomic E-state index is 12.6. The fourth-order valence-corrected chi connectivity index (χ4v) is 2.87. The van der Waals surface area contributed by atoms with Crippen LogP contribution >= 0.6 is 15.9 Å². The molecule has 0 nitrogen and oxygen atoms in total. The van der Waals surface area contributed by atoms with E-state index in [-0.39, 0.29) is 0 Å². The van der Waals surface area contributed by atoms with Crippen molar-refractivity contribution >= 4 is 15.9 Å². The Kier molecular flexibility index (Phi) is 4.76. The molecule has 0 aliphatic carbocycles. The van der Waals surface area contributed by atoms with Crippen molar-refractivity contribution in [1.29, 1.82) is 0 Å². The molecule has 0 amide bonds. The highest BCUT2D eigenvalue weighted by Gasteiger charge is 2.29. The zero-order valence-electron chi connectivity index (χ0n) is 12.6. The molecule has 0 aliphatic heterocycles. The molecule has 0 saturated heterocycles. The van der Waals surface area contributed by atoms with Crippen molar-refractivity contribution in [2.45, 2.75) is 11.5 Å². The first-order chi connectivity index (χ1) is 11.5. The van der Waals surface area contributed by atoms with Gasteiger partial charge in [-0.05, 0) is 39.9 Å². The van der Waals surface area contributed by atoms with Gasteiger partial charge in [-0.15, -0.1) is 0 Å². The van der Waals surface area contributed by atoms with Crippen LogP contribution < -0.4 is 0 Å². The van der Waals surface area contributed by atoms with Gasteiger partial charge in [-0.3, -0.25) is 0 Å². The standard InChI is InChI=1S/C20H14BrF3/c21-13-14-1-3-15(4-2-14)16-5-7-17(8-6-16)18-9-11-19(12-10-18)20(22,23)24/h1-12H,13H2. The van der Waals surface area contributed by atoms with Crippen molar-refractivity contribution in [3.05, 3.63) is 83.9 Å². The SMILES string of the molecule is FC(F)(F)c1ccc(-c2ccc(-c3ccc(CBr)cc3)cc2)cc1. The topological polar surface area (TPSA) is 0 Å². The Hall–Kier alpha value is -2.07. The molecule has 4 heteroatoms. The lowest BCUT2D eigenvalue weighted by Crippen LogP contribution is -2.03. The quantitative estimate of drug-likeness (QED) is 0.425. The summed E-state index contributed by atoms with van der Waals surface area (Å²) >= 11 is 3.42. The van der Waals surface area contributed by atoms with Gasteiger partial charge < -0.3 is 0 Å². The lowest BCUT2D eigenvalue weighted by Gasteiger charge is -2.09. The van der Waals surface area contributed by atoms with E-state index in [1.54, 1.807) is 0 Å². The first-order valence-corrected chi connectivity index (χ1v) is 8.52. The van der Waals surface area contributed by atoms with Gasteiger partial charge in [0.1, 0.15) is 0 Å². The number of halogens is 4. The highest BCUT2D eigenvalue weighted by atomic mass is 79.9. The predicted octanol–water partition coefficient (Wildman–Crippen LogP) is 6.93. The summed E-state index contributed by atoms with van der Waals surface area (Å²) in [7, 11) is 0. The van der Waals surface area contributed by atoms with E-state index >= 15 is 0 Å². The molecule has 3 aromatic carbocycles. The third-order valence-electron chi connectivity index (χ3n) is 3.87. The third kappa shape index (κ3) is 3.70. The van der Waals surface area contributed by atoms with Gasteiger partial charge in [0.15, 0.2) is 0 Å². The van der Waals surface area contributed by atoms with Gasteiger partial charge in [0.25, 0.3) is 0 Å². The lowest BCUT2D eigenvalue weighted by molar-refractivity contribution is -0.137. The summed E-state index contributed by atoms with van der Waals surface area (Å²) in [6.07, 6.45) is -4.30. The summed E-state index contributed by atoms with van der Waals surface area (Å²) in [4.78, 5) is 0. The molecule has 0 aliphatic rings. The minimum absolute atomic E-state index is 0.630. The molecular formula is C20H14BrF3. The predicted molar refractivity (Wildman–Crippen MR) is 94.9 cm³/mol. The Labute approximate surface area is 147 Å². The Balaban J connectivity index is 1.83. The van der Waals surface area contributed by atoms with Crippen LogP contribution in [0.3, 0.4) is 0 Å². The fraction of sp³-hybridized carbons (Fsp3) is 0.100. The van der Waals surface area contributed by atoms with E-state index in [1.165, 1.54) is 17.7 Å². The molecule has 3 rings (SSSR count). The van der Waals surface area contributed by atoms with Gasteiger partial charge in [-0.1, -0.05) is 76.6 Å². The van der Waals surface area contributed by atoms with Crippen LogP contribution in [0.4, 0.5) is 13.2 Å². The molecule has 24 heavy (non-hydrogen) atoms. The summed E-state index contributed by atoms with van der Waals surface area (Å²) < 4.78 is 37.8. The highest BCUT2D eigenvalue weighted by molar-refractivity contribution is 9.08. The Morgan fingerprint density at radius 2 is 0.917 bits per heavy atom. The largest absolute Gasteiger partial charge is 0.416 e. The van der Waals surface area contributed by atoms with Crippen LogP contribution in [0.25, 0.3) is 22.3 Å². The maximum absolute atomic E-state index is 12.6. The minimum atomic E-state index is -4.30. The van der Waals surface area contributed by atoms with E-state index in [0.29, 0.717) is 0 Å². The summed E-state index contributed by atoms with van der Waals surface area (Å²) in [6.45, 7) is 0. The summed E-state index contributed by atoms with van der Waals surface area (Å²) in [5, 5.41) is 0.820. The molecule has 0 aromatic heterocycles. The van der Waals surface area contributed by atoms with Crippen LogP contribution in [-0.2, 0) is 11.5 Å². The van der Waals surface area contributed by atoms with Crippen molar-refractivity contribution in [3.8, 4) is 22.3 Å². The summed E-state index contributed by atoms with van der Waals surface area (Å²) in [5.74, 6) is 0. The van der Waals surface area contributed by atoms with Crippen molar-refractivity contribution < 1.29 is 13.2 Å². The van der Waals surface area contributed by atoms with E-state index in [4.69, 9.17) is 0 Å². The van der Waals surface area contributed by atoms with Crippen LogP contribution in [0.5, 0.6) is 0 Å². The van der Waals surface area contributed by atoms with Crippen LogP contribution in [0.2, 0.25) is 0 Å². The van der Waals surface area contributed by atoms with E-state index in [0.717, 1.165) is 39.7 Å². The van der Waals surface area contributed by atoms with E-state index in [1.807, 2.05) is 24.3 Å². The number of hydrogen-bond acceptors (Lipinski definition) is 0. The van der Waals surface area contributed by atoms with Crippen LogP contribution in [0.1, 0.15) is 11.1 Å². The molecule has 0 heterocycles. The van der Waals surface area contributed by atoms with Gasteiger partial charge in [0.05, 0.1) is 5.56 Å². The normalized spacial score (nSPS) is 11.5. The minimum Gasteiger partial charge on any atom is -0.166 e. The Morgan fingerprint density at radius 1 is 0.583 bits per heavy atom. The zero-order chi connectivity index (χ0) is 17.2. The number of alkyl halides is 4. The number of rotatable bonds is 3. The van der Waals surface area contributed by atoms with E-state index in [9.17, 15) is 13.2 Å². The van der Waals surface area contributed by atoms with Gasteiger partial charge in [-0.2, -0.15) is 13.2 Å². The van der Waals surface area contributed by atoms with Gasteiger partial charge in [-0.25, -0.2) is 0 Å². The van der Waals surface area contributed by atoms with E-state index < -0.39 is 11.7 Å². The first-order valence-electron chi connectivity index (χ1n) is 7.40. The maximum Gasteiger partial charge on any atom is 0.416 e. The molecule has 0 N–H and O–H groups in total. The third-order valence-corrected chi connectivity index (χ3v) is 4.52. The lowest BCUT2D eigenvalue weighted by atomic mass is 9.99. The van der Waals surface area contributed by atoms with Crippen molar-refractivity contribution in [1.82, 2.24) is 0 Å². The molecule has 0 spiro atoms. The number of hydrogen-bond donors (Lipinski definition) is 0. The Morgan fingerprint density at radius 3 is 1.25 bits per heavy atom. The molecule has 122 valence electrons. The first kappa shape index (κ1) is 16.8. The molecule has 0 saturated carbocycles. The zero-order valence-corrected chi connectivity index (χ0v) is 14.2. The Bertz CT molecular complexity index is 802. The average molecular weight is 391 g/mol. The average Bonchev–Trinajstić information content (AvgIpc) is 2.61. The van der Waals surface area contributed by atoms with Gasteiger partial charge in [0.2, 0.25) is 0 Å². The van der Waals surface area contributed by atoms with E-state index in [2.05, 4.69) is 40.2 Å². The second-order valence-corrected chi connectivity index (χ2v) is 6.04. The fourth-order valence-electron chi connectivity index (χ4n) is 2.49. The molecule has 0 fully saturated rings. The molecular weight excluding hydrogens is 377 g/mol.